The molecule has 0 radical (unpaired) electrons. The van der Waals surface area contributed by atoms with Gasteiger partial charge in [-0.05, 0) is 13.0 Å². The molecule has 0 bridgehead atoms. The molecule has 0 aromatic rings. The average Bonchev–Trinajstić information content (AvgIpc) is 1.87. The second-order valence-electron chi connectivity index (χ2n) is 1.59. The van der Waals surface area contributed by atoms with Crippen LogP contribution in [0.2, 0.25) is 0 Å². The second kappa shape index (κ2) is 5.86. The van der Waals surface area contributed by atoms with Gasteiger partial charge in [-0.1, -0.05) is 17.9 Å². The first-order valence-corrected chi connectivity index (χ1v) is 2.97. The van der Waals surface area contributed by atoms with E-state index in [0.29, 0.717) is 0 Å². The zero-order valence-electron chi connectivity index (χ0n) is 6.13. The molecule has 2 heteroatoms. The first-order chi connectivity index (χ1) is 4.77. The molecular weight excluding hydrogens is 128 g/mol. The first kappa shape index (κ1) is 8.73. The predicted molar refractivity (Wildman–Crippen MR) is 39.2 cm³/mol. The van der Waals surface area contributed by atoms with Gasteiger partial charge in [0.2, 0.25) is 0 Å². The fourth-order valence-corrected chi connectivity index (χ4v) is 0.308. The Hall–Kier alpha value is -1.27. The van der Waals surface area contributed by atoms with Crippen molar-refractivity contribution in [2.24, 2.45) is 0 Å². The number of rotatable bonds is 2. The molecule has 0 amide bonds. The number of allylic oxidation sites excluding steroid dienone is 3. The largest absolute Gasteiger partial charge is 0.426 e. The Balaban J connectivity index is 3.65. The van der Waals surface area contributed by atoms with Crippen LogP contribution in [-0.4, -0.2) is 5.97 Å². The summed E-state index contributed by atoms with van der Waals surface area (Å²) in [6.07, 6.45) is 6.53. The van der Waals surface area contributed by atoms with Gasteiger partial charge in [-0.25, -0.2) is 0 Å². The van der Waals surface area contributed by atoms with Crippen molar-refractivity contribution >= 4 is 5.97 Å². The van der Waals surface area contributed by atoms with Crippen LogP contribution in [0.25, 0.3) is 0 Å². The van der Waals surface area contributed by atoms with Crippen LogP contribution in [0.3, 0.4) is 0 Å². The van der Waals surface area contributed by atoms with E-state index in [2.05, 4.69) is 10.5 Å². The molecule has 0 aliphatic heterocycles. The normalized spacial score (nSPS) is 8.60. The lowest BCUT2D eigenvalue weighted by Gasteiger charge is -1.83. The summed E-state index contributed by atoms with van der Waals surface area (Å²) in [7, 11) is 0. The molecule has 0 rings (SSSR count). The maximum atomic E-state index is 10.2. The summed E-state index contributed by atoms with van der Waals surface area (Å²) in [5.74, 6) is -0.332. The van der Waals surface area contributed by atoms with Gasteiger partial charge >= 0.3 is 5.97 Å². The number of hydrogen-bond acceptors (Lipinski definition) is 2. The number of carbonyl (C=O) groups excluding carboxylic acids is 1. The maximum Gasteiger partial charge on any atom is 0.308 e. The van der Waals surface area contributed by atoms with E-state index in [1.54, 1.807) is 12.2 Å². The standard InChI is InChI=1S/C8H10O2/c1-3-4-5-6-7-10-8(2)9/h3-5,7H,1-2H3. The van der Waals surface area contributed by atoms with E-state index in [0.717, 1.165) is 0 Å². The molecule has 0 heterocycles. The Morgan fingerprint density at radius 3 is 2.80 bits per heavy atom. The third-order valence-corrected chi connectivity index (χ3v) is 0.678. The van der Waals surface area contributed by atoms with Gasteiger partial charge in [-0.2, -0.15) is 0 Å². The molecule has 0 atom stereocenters. The monoisotopic (exact) mass is 138 g/mol. The molecule has 0 fully saturated rings. The molecule has 2 nitrogen and oxygen atoms in total. The highest BCUT2D eigenvalue weighted by atomic mass is 16.5. The van der Waals surface area contributed by atoms with E-state index in [1.807, 2.05) is 13.0 Å². The highest BCUT2D eigenvalue weighted by Gasteiger charge is 1.80. The fourth-order valence-electron chi connectivity index (χ4n) is 0.308. The Morgan fingerprint density at radius 2 is 2.30 bits per heavy atom. The molecule has 0 N–H and O–H groups in total. The van der Waals surface area contributed by atoms with Crippen LogP contribution in [0.4, 0.5) is 0 Å². The Bertz CT molecular complexity index is 183. The number of carbonyl (C=O) groups is 1. The van der Waals surface area contributed by atoms with Gasteiger partial charge in [0.15, 0.2) is 0 Å². The maximum absolute atomic E-state index is 10.2. The molecule has 0 spiro atoms. The first-order valence-electron chi connectivity index (χ1n) is 2.97. The summed E-state index contributed by atoms with van der Waals surface area (Å²) in [6, 6.07) is 0. The molecule has 0 unspecified atom stereocenters. The van der Waals surface area contributed by atoms with Crippen LogP contribution in [0.5, 0.6) is 0 Å². The summed E-state index contributed by atoms with van der Waals surface area (Å²) < 4.78 is 4.45. The van der Waals surface area contributed by atoms with Crippen molar-refractivity contribution in [2.45, 2.75) is 13.8 Å². The summed E-state index contributed by atoms with van der Waals surface area (Å²) in [4.78, 5) is 10.2. The van der Waals surface area contributed by atoms with Crippen molar-refractivity contribution in [3.05, 3.63) is 30.2 Å². The van der Waals surface area contributed by atoms with Crippen LogP contribution in [0, 0.1) is 0 Å². The number of ether oxygens (including phenoxy) is 1. The Labute approximate surface area is 60.5 Å². The molecule has 0 aliphatic rings. The van der Waals surface area contributed by atoms with Gasteiger partial charge in [0.25, 0.3) is 0 Å². The predicted octanol–water partition coefficient (Wildman–Crippen LogP) is 1.79. The van der Waals surface area contributed by atoms with Crippen molar-refractivity contribution in [1.82, 2.24) is 0 Å². The van der Waals surface area contributed by atoms with Gasteiger partial charge < -0.3 is 4.74 Å². The summed E-state index contributed by atoms with van der Waals surface area (Å²) in [6.45, 7) is 3.23. The van der Waals surface area contributed by atoms with E-state index in [1.165, 1.54) is 13.2 Å². The van der Waals surface area contributed by atoms with Gasteiger partial charge in [0, 0.05) is 6.92 Å². The molecule has 54 valence electrons. The molecule has 10 heavy (non-hydrogen) atoms. The van der Waals surface area contributed by atoms with Gasteiger partial charge in [0.1, 0.15) is 6.26 Å². The minimum absolute atomic E-state index is 0.332. The van der Waals surface area contributed by atoms with E-state index >= 15 is 0 Å². The van der Waals surface area contributed by atoms with Crippen molar-refractivity contribution < 1.29 is 9.53 Å². The van der Waals surface area contributed by atoms with Crippen molar-refractivity contribution in [1.29, 1.82) is 0 Å². The van der Waals surface area contributed by atoms with Crippen LogP contribution in [-0.2, 0) is 9.53 Å². The third kappa shape index (κ3) is 6.73. The Kier molecular flexibility index (Phi) is 5.12. The molecule has 0 saturated carbocycles. The SMILES string of the molecule is CC=CC=C=COC(C)=O. The smallest absolute Gasteiger partial charge is 0.308 e. The molecule has 0 aliphatic carbocycles. The summed E-state index contributed by atoms with van der Waals surface area (Å²) in [5.41, 5.74) is 2.64. The number of esters is 1. The summed E-state index contributed by atoms with van der Waals surface area (Å²) in [5, 5.41) is 0. The minimum Gasteiger partial charge on any atom is -0.426 e. The van der Waals surface area contributed by atoms with Gasteiger partial charge in [0.05, 0.1) is 0 Å². The highest BCUT2D eigenvalue weighted by molar-refractivity contribution is 5.66. The molecular formula is C8H10O2. The van der Waals surface area contributed by atoms with E-state index in [9.17, 15) is 4.79 Å². The topological polar surface area (TPSA) is 26.3 Å². The molecule has 0 aromatic carbocycles. The lowest BCUT2D eigenvalue weighted by Crippen LogP contribution is -1.87. The third-order valence-electron chi connectivity index (χ3n) is 0.678. The van der Waals surface area contributed by atoms with Gasteiger partial charge in [-0.3, -0.25) is 4.79 Å². The van der Waals surface area contributed by atoms with Crippen LogP contribution in [0.15, 0.2) is 30.2 Å². The van der Waals surface area contributed by atoms with Crippen LogP contribution < -0.4 is 0 Å². The molecule has 0 aromatic heterocycles. The Morgan fingerprint density at radius 1 is 1.60 bits per heavy atom. The minimum atomic E-state index is -0.332. The van der Waals surface area contributed by atoms with E-state index < -0.39 is 0 Å². The zero-order valence-corrected chi connectivity index (χ0v) is 6.13. The second-order valence-corrected chi connectivity index (χ2v) is 1.59. The molecule has 0 saturated heterocycles. The van der Waals surface area contributed by atoms with Crippen LogP contribution >= 0.6 is 0 Å². The van der Waals surface area contributed by atoms with Crippen molar-refractivity contribution in [2.75, 3.05) is 0 Å². The summed E-state index contributed by atoms with van der Waals surface area (Å²) >= 11 is 0. The van der Waals surface area contributed by atoms with E-state index in [-0.39, 0.29) is 5.97 Å². The quantitative estimate of drug-likeness (QED) is 0.252. The van der Waals surface area contributed by atoms with Crippen molar-refractivity contribution in [3.8, 4) is 0 Å². The lowest BCUT2D eigenvalue weighted by atomic mass is 10.5. The average molecular weight is 138 g/mol. The van der Waals surface area contributed by atoms with E-state index in [4.69, 9.17) is 0 Å². The van der Waals surface area contributed by atoms with Crippen molar-refractivity contribution in [3.63, 3.8) is 0 Å². The van der Waals surface area contributed by atoms with Crippen LogP contribution in [0.1, 0.15) is 13.8 Å². The highest BCUT2D eigenvalue weighted by Crippen LogP contribution is 1.77. The van der Waals surface area contributed by atoms with Gasteiger partial charge in [-0.15, -0.1) is 0 Å². The fraction of sp³-hybridized carbons (Fsp3) is 0.250. The lowest BCUT2D eigenvalue weighted by molar-refractivity contribution is -0.135. The number of hydrogen-bond donors (Lipinski definition) is 0. The zero-order chi connectivity index (χ0) is 7.82.